The summed E-state index contributed by atoms with van der Waals surface area (Å²) in [6, 6.07) is 15.3. The number of benzene rings is 2. The summed E-state index contributed by atoms with van der Waals surface area (Å²) in [5.41, 5.74) is 3.67. The summed E-state index contributed by atoms with van der Waals surface area (Å²) in [5.74, 6) is -0.0800. The van der Waals surface area contributed by atoms with Gasteiger partial charge in [0.05, 0.1) is 0 Å². The fraction of sp³-hybridized carbons (Fsp3) is 0.188. The largest absolute Gasteiger partial charge is 0.388 e. The molecule has 0 aliphatic rings. The normalized spacial score (nSPS) is 10.0. The van der Waals surface area contributed by atoms with Crippen molar-refractivity contribution in [2.75, 3.05) is 17.7 Å². The van der Waals surface area contributed by atoms with Gasteiger partial charge in [0.1, 0.15) is 0 Å². The molecule has 3 nitrogen and oxygen atoms in total. The Morgan fingerprint density at radius 2 is 1.74 bits per heavy atom. The van der Waals surface area contributed by atoms with Crippen LogP contribution in [0.25, 0.3) is 0 Å². The first-order chi connectivity index (χ1) is 9.24. The van der Waals surface area contributed by atoms with Crippen LogP contribution in [-0.4, -0.2) is 13.0 Å². The highest BCUT2D eigenvalue weighted by Gasteiger charge is 2.07. The van der Waals surface area contributed by atoms with Gasteiger partial charge in [-0.05, 0) is 42.3 Å². The summed E-state index contributed by atoms with van der Waals surface area (Å²) in [6.07, 6.45) is 0.898. The van der Waals surface area contributed by atoms with Crippen molar-refractivity contribution in [1.29, 1.82) is 0 Å². The molecule has 2 N–H and O–H groups in total. The molecule has 0 aliphatic carbocycles. The molecule has 98 valence electrons. The molecule has 0 unspecified atom stereocenters. The predicted molar refractivity (Wildman–Crippen MR) is 79.8 cm³/mol. The number of amides is 1. The van der Waals surface area contributed by atoms with Gasteiger partial charge in [-0.1, -0.05) is 25.1 Å². The summed E-state index contributed by atoms with van der Waals surface area (Å²) in [7, 11) is 1.85. The molecule has 3 heteroatoms. The van der Waals surface area contributed by atoms with E-state index in [-0.39, 0.29) is 5.91 Å². The Bertz CT molecular complexity index is 561. The van der Waals surface area contributed by atoms with Crippen LogP contribution < -0.4 is 10.6 Å². The first-order valence-electron chi connectivity index (χ1n) is 6.41. The van der Waals surface area contributed by atoms with Gasteiger partial charge < -0.3 is 10.6 Å². The van der Waals surface area contributed by atoms with E-state index in [0.29, 0.717) is 5.56 Å². The van der Waals surface area contributed by atoms with Gasteiger partial charge in [-0.2, -0.15) is 0 Å². The molecule has 19 heavy (non-hydrogen) atoms. The van der Waals surface area contributed by atoms with Crippen molar-refractivity contribution in [2.45, 2.75) is 13.3 Å². The summed E-state index contributed by atoms with van der Waals surface area (Å²) in [4.78, 5) is 12.2. The molecule has 0 spiro atoms. The Morgan fingerprint density at radius 1 is 1.05 bits per heavy atom. The molecule has 0 aromatic heterocycles. The Kier molecular flexibility index (Phi) is 4.18. The van der Waals surface area contributed by atoms with Gasteiger partial charge in [0, 0.05) is 24.0 Å². The number of carbonyl (C=O) groups is 1. The molecule has 0 saturated heterocycles. The van der Waals surface area contributed by atoms with E-state index in [1.54, 1.807) is 0 Å². The highest BCUT2D eigenvalue weighted by Crippen LogP contribution is 2.17. The van der Waals surface area contributed by atoms with Crippen LogP contribution in [0.15, 0.2) is 48.5 Å². The van der Waals surface area contributed by atoms with Crippen molar-refractivity contribution in [3.8, 4) is 0 Å². The summed E-state index contributed by atoms with van der Waals surface area (Å²) in [5, 5.41) is 5.99. The van der Waals surface area contributed by atoms with Crippen molar-refractivity contribution in [1.82, 2.24) is 0 Å². The third-order valence-corrected chi connectivity index (χ3v) is 3.08. The third kappa shape index (κ3) is 3.13. The number of para-hydroxylation sites is 1. The van der Waals surface area contributed by atoms with Gasteiger partial charge in [0.2, 0.25) is 0 Å². The highest BCUT2D eigenvalue weighted by atomic mass is 16.1. The summed E-state index contributed by atoms with van der Waals surface area (Å²) in [6.45, 7) is 2.08. The minimum Gasteiger partial charge on any atom is -0.388 e. The van der Waals surface area contributed by atoms with E-state index >= 15 is 0 Å². The maximum atomic E-state index is 12.2. The molecule has 0 atom stereocenters. The van der Waals surface area contributed by atoms with Crippen molar-refractivity contribution in [3.05, 3.63) is 59.7 Å². The van der Waals surface area contributed by atoms with Crippen LogP contribution in [0.2, 0.25) is 0 Å². The molecule has 0 bridgehead atoms. The summed E-state index contributed by atoms with van der Waals surface area (Å²) >= 11 is 0. The van der Waals surface area contributed by atoms with Gasteiger partial charge in [-0.25, -0.2) is 0 Å². The molecule has 2 aromatic carbocycles. The Hall–Kier alpha value is -2.29. The zero-order valence-corrected chi connectivity index (χ0v) is 11.2. The van der Waals surface area contributed by atoms with Crippen LogP contribution in [0, 0.1) is 0 Å². The molecule has 0 heterocycles. The fourth-order valence-corrected chi connectivity index (χ4v) is 1.93. The van der Waals surface area contributed by atoms with E-state index < -0.39 is 0 Å². The quantitative estimate of drug-likeness (QED) is 0.876. The predicted octanol–water partition coefficient (Wildman–Crippen LogP) is 3.54. The fourth-order valence-electron chi connectivity index (χ4n) is 1.93. The Balaban J connectivity index is 2.16. The van der Waals surface area contributed by atoms with Crippen molar-refractivity contribution >= 4 is 17.3 Å². The van der Waals surface area contributed by atoms with Crippen LogP contribution in [0.1, 0.15) is 22.8 Å². The molecule has 0 saturated carbocycles. The van der Waals surface area contributed by atoms with Crippen LogP contribution in [-0.2, 0) is 6.42 Å². The zero-order valence-electron chi connectivity index (χ0n) is 11.2. The van der Waals surface area contributed by atoms with Gasteiger partial charge in [-0.15, -0.1) is 0 Å². The van der Waals surface area contributed by atoms with Crippen molar-refractivity contribution < 1.29 is 4.79 Å². The molecular formula is C16H18N2O. The maximum absolute atomic E-state index is 12.2. The van der Waals surface area contributed by atoms with E-state index in [1.807, 2.05) is 55.6 Å². The third-order valence-electron chi connectivity index (χ3n) is 3.08. The standard InChI is InChI=1S/C16H18N2O/c1-3-12-6-4-5-7-15(12)18-16(19)13-8-10-14(17-2)11-9-13/h4-11,17H,3H2,1-2H3,(H,18,19). The minimum atomic E-state index is -0.0800. The number of hydrogen-bond acceptors (Lipinski definition) is 2. The maximum Gasteiger partial charge on any atom is 0.255 e. The highest BCUT2D eigenvalue weighted by molar-refractivity contribution is 6.04. The average molecular weight is 254 g/mol. The number of rotatable bonds is 4. The van der Waals surface area contributed by atoms with Crippen molar-refractivity contribution in [3.63, 3.8) is 0 Å². The Labute approximate surface area is 113 Å². The number of aryl methyl sites for hydroxylation is 1. The van der Waals surface area contributed by atoms with E-state index in [0.717, 1.165) is 23.4 Å². The smallest absolute Gasteiger partial charge is 0.255 e. The lowest BCUT2D eigenvalue weighted by Gasteiger charge is -2.10. The van der Waals surface area contributed by atoms with Crippen LogP contribution in [0.3, 0.4) is 0 Å². The second-order valence-corrected chi connectivity index (χ2v) is 4.29. The second-order valence-electron chi connectivity index (χ2n) is 4.29. The van der Waals surface area contributed by atoms with Crippen LogP contribution in [0.5, 0.6) is 0 Å². The van der Waals surface area contributed by atoms with E-state index in [1.165, 1.54) is 0 Å². The Morgan fingerprint density at radius 3 is 2.37 bits per heavy atom. The van der Waals surface area contributed by atoms with Crippen LogP contribution in [0.4, 0.5) is 11.4 Å². The summed E-state index contributed by atoms with van der Waals surface area (Å²) < 4.78 is 0. The van der Waals surface area contributed by atoms with Gasteiger partial charge >= 0.3 is 0 Å². The monoisotopic (exact) mass is 254 g/mol. The molecule has 0 radical (unpaired) electrons. The first-order valence-corrected chi connectivity index (χ1v) is 6.41. The molecule has 2 aromatic rings. The first kappa shape index (κ1) is 13.1. The van der Waals surface area contributed by atoms with E-state index in [2.05, 4.69) is 17.6 Å². The van der Waals surface area contributed by atoms with E-state index in [9.17, 15) is 4.79 Å². The van der Waals surface area contributed by atoms with Gasteiger partial charge in [-0.3, -0.25) is 4.79 Å². The number of anilines is 2. The average Bonchev–Trinajstić information content (AvgIpc) is 2.48. The van der Waals surface area contributed by atoms with Gasteiger partial charge in [0.15, 0.2) is 0 Å². The second kappa shape index (κ2) is 6.05. The minimum absolute atomic E-state index is 0.0800. The van der Waals surface area contributed by atoms with Crippen LogP contribution >= 0.6 is 0 Å². The lowest BCUT2D eigenvalue weighted by molar-refractivity contribution is 0.102. The zero-order chi connectivity index (χ0) is 13.7. The SMILES string of the molecule is CCc1ccccc1NC(=O)c1ccc(NC)cc1. The lowest BCUT2D eigenvalue weighted by Crippen LogP contribution is -2.13. The van der Waals surface area contributed by atoms with Gasteiger partial charge in [0.25, 0.3) is 5.91 Å². The molecule has 2 rings (SSSR count). The topological polar surface area (TPSA) is 41.1 Å². The molecule has 0 aliphatic heterocycles. The molecular weight excluding hydrogens is 236 g/mol. The number of nitrogens with one attached hydrogen (secondary N) is 2. The number of carbonyl (C=O) groups excluding carboxylic acids is 1. The lowest BCUT2D eigenvalue weighted by atomic mass is 10.1. The van der Waals surface area contributed by atoms with Crippen molar-refractivity contribution in [2.24, 2.45) is 0 Å². The van der Waals surface area contributed by atoms with E-state index in [4.69, 9.17) is 0 Å². The molecule has 0 fully saturated rings. The molecule has 1 amide bonds. The number of hydrogen-bond donors (Lipinski definition) is 2.